The van der Waals surface area contributed by atoms with E-state index >= 15 is 0 Å². The molecule has 0 aliphatic carbocycles. The maximum absolute atomic E-state index is 10.4. The molecule has 3 nitrogen and oxygen atoms in total. The summed E-state index contributed by atoms with van der Waals surface area (Å²) in [5.41, 5.74) is 7.29. The average molecular weight is 206 g/mol. The largest absolute Gasteiger partial charge is 0.387 e. The summed E-state index contributed by atoms with van der Waals surface area (Å²) in [6.45, 7) is 3.08. The van der Waals surface area contributed by atoms with Gasteiger partial charge in [0.15, 0.2) is 0 Å². The smallest absolute Gasteiger partial charge is 0.0960 e. The molecule has 1 aliphatic heterocycles. The Kier molecular flexibility index (Phi) is 2.78. The van der Waals surface area contributed by atoms with E-state index in [0.29, 0.717) is 6.42 Å². The summed E-state index contributed by atoms with van der Waals surface area (Å²) in [6.07, 6.45) is 0.662. The van der Waals surface area contributed by atoms with E-state index in [1.807, 2.05) is 19.1 Å². The SMILES string of the molecule is CCC(O)(CN)C1NCc2ccccc21. The van der Waals surface area contributed by atoms with Crippen molar-refractivity contribution in [2.24, 2.45) is 5.73 Å². The predicted molar refractivity (Wildman–Crippen MR) is 60.3 cm³/mol. The molecule has 0 bridgehead atoms. The molecule has 15 heavy (non-hydrogen) atoms. The molecule has 0 saturated heterocycles. The number of rotatable bonds is 3. The first-order valence-corrected chi connectivity index (χ1v) is 5.45. The first-order chi connectivity index (χ1) is 7.21. The van der Waals surface area contributed by atoms with Gasteiger partial charge in [-0.3, -0.25) is 0 Å². The zero-order valence-corrected chi connectivity index (χ0v) is 9.03. The Morgan fingerprint density at radius 2 is 2.27 bits per heavy atom. The number of benzene rings is 1. The van der Waals surface area contributed by atoms with Crippen LogP contribution in [-0.2, 0) is 6.54 Å². The minimum Gasteiger partial charge on any atom is -0.387 e. The van der Waals surface area contributed by atoms with Crippen molar-refractivity contribution >= 4 is 0 Å². The Hall–Kier alpha value is -0.900. The second-order valence-electron chi connectivity index (χ2n) is 4.17. The maximum Gasteiger partial charge on any atom is 0.0960 e. The summed E-state index contributed by atoms with van der Waals surface area (Å²) < 4.78 is 0. The molecule has 1 heterocycles. The van der Waals surface area contributed by atoms with Crippen molar-refractivity contribution in [3.05, 3.63) is 35.4 Å². The van der Waals surface area contributed by atoms with Crippen LogP contribution in [0.1, 0.15) is 30.5 Å². The lowest BCUT2D eigenvalue weighted by molar-refractivity contribution is 0.00848. The number of nitrogens with one attached hydrogen (secondary N) is 1. The summed E-state index contributed by atoms with van der Waals surface area (Å²) in [7, 11) is 0. The summed E-state index contributed by atoms with van der Waals surface area (Å²) in [5, 5.41) is 13.7. The highest BCUT2D eigenvalue weighted by Gasteiger charge is 2.38. The number of hydrogen-bond acceptors (Lipinski definition) is 3. The van der Waals surface area contributed by atoms with Gasteiger partial charge in [-0.2, -0.15) is 0 Å². The van der Waals surface area contributed by atoms with E-state index in [1.54, 1.807) is 0 Å². The van der Waals surface area contributed by atoms with Gasteiger partial charge < -0.3 is 16.2 Å². The molecule has 0 aromatic heterocycles. The van der Waals surface area contributed by atoms with Gasteiger partial charge in [0.1, 0.15) is 0 Å². The van der Waals surface area contributed by atoms with Crippen molar-refractivity contribution in [1.29, 1.82) is 0 Å². The van der Waals surface area contributed by atoms with Crippen LogP contribution in [0.15, 0.2) is 24.3 Å². The van der Waals surface area contributed by atoms with Crippen LogP contribution in [0.25, 0.3) is 0 Å². The highest BCUT2D eigenvalue weighted by atomic mass is 16.3. The molecule has 0 spiro atoms. The van der Waals surface area contributed by atoms with Gasteiger partial charge in [0.2, 0.25) is 0 Å². The Labute approximate surface area is 90.3 Å². The van der Waals surface area contributed by atoms with Crippen LogP contribution in [0.4, 0.5) is 0 Å². The van der Waals surface area contributed by atoms with Gasteiger partial charge in [-0.1, -0.05) is 31.2 Å². The molecule has 0 fully saturated rings. The monoisotopic (exact) mass is 206 g/mol. The van der Waals surface area contributed by atoms with Crippen molar-refractivity contribution in [1.82, 2.24) is 5.32 Å². The van der Waals surface area contributed by atoms with E-state index in [2.05, 4.69) is 17.4 Å². The third-order valence-corrected chi connectivity index (χ3v) is 3.37. The molecule has 0 radical (unpaired) electrons. The van der Waals surface area contributed by atoms with Crippen LogP contribution in [0.2, 0.25) is 0 Å². The molecule has 4 N–H and O–H groups in total. The lowest BCUT2D eigenvalue weighted by Gasteiger charge is -2.32. The maximum atomic E-state index is 10.4. The number of nitrogens with two attached hydrogens (primary N) is 1. The van der Waals surface area contributed by atoms with E-state index in [4.69, 9.17) is 5.73 Å². The van der Waals surface area contributed by atoms with Crippen LogP contribution in [-0.4, -0.2) is 17.3 Å². The van der Waals surface area contributed by atoms with Crippen LogP contribution >= 0.6 is 0 Å². The molecule has 1 aromatic carbocycles. The minimum atomic E-state index is -0.827. The summed E-state index contributed by atoms with van der Waals surface area (Å²) in [4.78, 5) is 0. The summed E-state index contributed by atoms with van der Waals surface area (Å²) in [6, 6.07) is 8.16. The normalized spacial score (nSPS) is 23.5. The van der Waals surface area contributed by atoms with E-state index in [0.717, 1.165) is 6.54 Å². The standard InChI is InChI=1S/C12H18N2O/c1-2-12(15,8-13)11-10-6-4-3-5-9(10)7-14-11/h3-6,11,14-15H,2,7-8,13H2,1H3. The van der Waals surface area contributed by atoms with Crippen LogP contribution in [0.5, 0.6) is 0 Å². The lowest BCUT2D eigenvalue weighted by Crippen LogP contribution is -2.46. The Morgan fingerprint density at radius 1 is 1.53 bits per heavy atom. The summed E-state index contributed by atoms with van der Waals surface area (Å²) >= 11 is 0. The number of aliphatic hydroxyl groups is 1. The van der Waals surface area contributed by atoms with Gasteiger partial charge in [0.05, 0.1) is 11.6 Å². The molecule has 0 amide bonds. The fourth-order valence-corrected chi connectivity index (χ4v) is 2.24. The van der Waals surface area contributed by atoms with Crippen LogP contribution in [0, 0.1) is 0 Å². The highest BCUT2D eigenvalue weighted by Crippen LogP contribution is 2.34. The van der Waals surface area contributed by atoms with E-state index in [1.165, 1.54) is 11.1 Å². The molecular formula is C12H18N2O. The van der Waals surface area contributed by atoms with E-state index in [9.17, 15) is 5.11 Å². The molecule has 82 valence electrons. The van der Waals surface area contributed by atoms with Gasteiger partial charge in [-0.25, -0.2) is 0 Å². The van der Waals surface area contributed by atoms with Crippen molar-refractivity contribution in [2.45, 2.75) is 31.5 Å². The number of hydrogen-bond donors (Lipinski definition) is 3. The molecule has 2 unspecified atom stereocenters. The van der Waals surface area contributed by atoms with E-state index < -0.39 is 5.60 Å². The molecule has 0 saturated carbocycles. The minimum absolute atomic E-state index is 0.0244. The van der Waals surface area contributed by atoms with Crippen molar-refractivity contribution in [3.8, 4) is 0 Å². The Balaban J connectivity index is 2.34. The highest BCUT2D eigenvalue weighted by molar-refractivity contribution is 5.35. The molecule has 1 aromatic rings. The fourth-order valence-electron chi connectivity index (χ4n) is 2.24. The van der Waals surface area contributed by atoms with Crippen molar-refractivity contribution in [2.75, 3.05) is 6.54 Å². The van der Waals surface area contributed by atoms with Gasteiger partial charge in [-0.05, 0) is 17.5 Å². The van der Waals surface area contributed by atoms with Gasteiger partial charge in [0.25, 0.3) is 0 Å². The van der Waals surface area contributed by atoms with Crippen LogP contribution in [0.3, 0.4) is 0 Å². The van der Waals surface area contributed by atoms with Gasteiger partial charge in [0, 0.05) is 13.1 Å². The quantitative estimate of drug-likeness (QED) is 0.689. The first-order valence-electron chi connectivity index (χ1n) is 5.45. The fraction of sp³-hybridized carbons (Fsp3) is 0.500. The van der Waals surface area contributed by atoms with Crippen molar-refractivity contribution in [3.63, 3.8) is 0 Å². The molecule has 2 rings (SSSR count). The molecule has 1 aliphatic rings. The van der Waals surface area contributed by atoms with Gasteiger partial charge >= 0.3 is 0 Å². The summed E-state index contributed by atoms with van der Waals surface area (Å²) in [5.74, 6) is 0. The van der Waals surface area contributed by atoms with Crippen LogP contribution < -0.4 is 11.1 Å². The zero-order chi connectivity index (χ0) is 10.9. The van der Waals surface area contributed by atoms with E-state index in [-0.39, 0.29) is 12.6 Å². The zero-order valence-electron chi connectivity index (χ0n) is 9.03. The predicted octanol–water partition coefficient (Wildman–Crippen LogP) is 0.931. The second-order valence-corrected chi connectivity index (χ2v) is 4.17. The second kappa shape index (κ2) is 3.93. The third-order valence-electron chi connectivity index (χ3n) is 3.37. The van der Waals surface area contributed by atoms with Gasteiger partial charge in [-0.15, -0.1) is 0 Å². The molecular weight excluding hydrogens is 188 g/mol. The average Bonchev–Trinajstić information content (AvgIpc) is 2.72. The third kappa shape index (κ3) is 1.67. The first kappa shape index (κ1) is 10.6. The Bertz CT molecular complexity index is 347. The lowest BCUT2D eigenvalue weighted by atomic mass is 9.87. The van der Waals surface area contributed by atoms with Crippen molar-refractivity contribution < 1.29 is 5.11 Å². The topological polar surface area (TPSA) is 58.3 Å². The molecule has 3 heteroatoms. The Morgan fingerprint density at radius 3 is 2.93 bits per heavy atom. The number of fused-ring (bicyclic) bond motifs is 1. The molecule has 2 atom stereocenters.